The molecule has 4 nitrogen and oxygen atoms in total. The second kappa shape index (κ2) is 8.43. The molecule has 1 saturated carbocycles. The van der Waals surface area contributed by atoms with Gasteiger partial charge in [-0.3, -0.25) is 4.79 Å². The second-order valence-electron chi connectivity index (χ2n) is 7.07. The van der Waals surface area contributed by atoms with Crippen molar-refractivity contribution in [3.8, 4) is 11.5 Å². The summed E-state index contributed by atoms with van der Waals surface area (Å²) in [4.78, 5) is 12.7. The maximum Gasteiger partial charge on any atom is 0.202 e. The fourth-order valence-electron chi connectivity index (χ4n) is 4.01. The highest BCUT2D eigenvalue weighted by atomic mass is 16.5. The summed E-state index contributed by atoms with van der Waals surface area (Å²) in [5.41, 5.74) is 3.04. The third-order valence-corrected chi connectivity index (χ3v) is 5.21. The molecule has 1 aliphatic rings. The molecule has 0 unspecified atom stereocenters. The molecule has 2 aromatic rings. The largest absolute Gasteiger partial charge is 0.494 e. The van der Waals surface area contributed by atoms with E-state index in [1.54, 1.807) is 0 Å². The Hall–Kier alpha value is -2.23. The van der Waals surface area contributed by atoms with Gasteiger partial charge in [0.25, 0.3) is 0 Å². The van der Waals surface area contributed by atoms with E-state index >= 15 is 0 Å². The normalized spacial score (nSPS) is 15.0. The van der Waals surface area contributed by atoms with E-state index in [-0.39, 0.29) is 12.4 Å². The van der Waals surface area contributed by atoms with Gasteiger partial charge in [0, 0.05) is 29.1 Å². The van der Waals surface area contributed by atoms with Crippen LogP contribution in [0, 0.1) is 13.8 Å². The number of nitrogens with zero attached hydrogens (tertiary/aromatic N) is 1. The van der Waals surface area contributed by atoms with E-state index in [9.17, 15) is 4.79 Å². The number of ether oxygens (including phenoxy) is 2. The smallest absolute Gasteiger partial charge is 0.202 e. The first-order chi connectivity index (χ1) is 12.6. The molecule has 0 amide bonds. The Labute approximate surface area is 156 Å². The lowest BCUT2D eigenvalue weighted by atomic mass is 9.95. The highest BCUT2D eigenvalue weighted by Crippen LogP contribution is 2.32. The van der Waals surface area contributed by atoms with E-state index in [0.717, 1.165) is 17.0 Å². The molecule has 140 valence electrons. The number of carbonyl (C=O) groups is 1. The molecule has 26 heavy (non-hydrogen) atoms. The van der Waals surface area contributed by atoms with E-state index < -0.39 is 0 Å². The fourth-order valence-corrected chi connectivity index (χ4v) is 4.01. The van der Waals surface area contributed by atoms with Crippen LogP contribution in [0.5, 0.6) is 11.5 Å². The zero-order valence-corrected chi connectivity index (χ0v) is 16.1. The lowest BCUT2D eigenvalue weighted by Crippen LogP contribution is -2.17. The lowest BCUT2D eigenvalue weighted by molar-refractivity contribution is 0.0920. The van der Waals surface area contributed by atoms with Crippen molar-refractivity contribution in [1.29, 1.82) is 0 Å². The molecule has 0 saturated heterocycles. The van der Waals surface area contributed by atoms with Crippen LogP contribution in [0.1, 0.15) is 66.8 Å². The highest BCUT2D eigenvalue weighted by molar-refractivity contribution is 5.98. The zero-order valence-electron chi connectivity index (χ0n) is 16.1. The second-order valence-corrected chi connectivity index (χ2v) is 7.07. The summed E-state index contributed by atoms with van der Waals surface area (Å²) in [6.45, 7) is 6.76. The maximum atomic E-state index is 12.7. The number of hydrogen-bond acceptors (Lipinski definition) is 3. The number of carbonyl (C=O) groups excluding carboxylic acids is 1. The summed E-state index contributed by atoms with van der Waals surface area (Å²) in [6, 6.07) is 9.99. The number of benzene rings is 1. The number of hydrogen-bond donors (Lipinski definition) is 0. The van der Waals surface area contributed by atoms with E-state index in [1.165, 1.54) is 37.8 Å². The predicted molar refractivity (Wildman–Crippen MR) is 103 cm³/mol. The Kier molecular flexibility index (Phi) is 6.02. The SMILES string of the molecule is CCOc1cccc(OCC(=O)c2cc(C)n(C3CCCCC3)c2C)c1. The first-order valence-corrected chi connectivity index (χ1v) is 9.67. The monoisotopic (exact) mass is 355 g/mol. The fraction of sp³-hybridized carbons (Fsp3) is 0.500. The molecule has 0 radical (unpaired) electrons. The van der Waals surface area contributed by atoms with Gasteiger partial charge in [-0.15, -0.1) is 0 Å². The van der Waals surface area contributed by atoms with Gasteiger partial charge in [-0.2, -0.15) is 0 Å². The van der Waals surface area contributed by atoms with Crippen LogP contribution in [0.15, 0.2) is 30.3 Å². The molecule has 1 aromatic heterocycles. The van der Waals surface area contributed by atoms with Crippen LogP contribution in [-0.4, -0.2) is 23.6 Å². The van der Waals surface area contributed by atoms with Crippen LogP contribution in [0.3, 0.4) is 0 Å². The molecule has 1 aliphatic carbocycles. The minimum Gasteiger partial charge on any atom is -0.494 e. The van der Waals surface area contributed by atoms with Gasteiger partial charge in [0.15, 0.2) is 6.61 Å². The lowest BCUT2D eigenvalue weighted by Gasteiger charge is -2.26. The van der Waals surface area contributed by atoms with E-state index in [1.807, 2.05) is 37.3 Å². The highest BCUT2D eigenvalue weighted by Gasteiger charge is 2.22. The van der Waals surface area contributed by atoms with Crippen molar-refractivity contribution in [2.24, 2.45) is 0 Å². The minimum atomic E-state index is 0.0296. The van der Waals surface area contributed by atoms with Gasteiger partial charge in [0.2, 0.25) is 5.78 Å². The summed E-state index contributed by atoms with van der Waals surface area (Å²) in [6.07, 6.45) is 6.32. The molecule has 0 atom stereocenters. The molecule has 3 rings (SSSR count). The quantitative estimate of drug-likeness (QED) is 0.635. The number of aryl methyl sites for hydroxylation is 1. The van der Waals surface area contributed by atoms with Gasteiger partial charge in [0.1, 0.15) is 11.5 Å². The number of ketones is 1. The molecular weight excluding hydrogens is 326 g/mol. The van der Waals surface area contributed by atoms with E-state index in [0.29, 0.717) is 18.4 Å². The zero-order chi connectivity index (χ0) is 18.5. The van der Waals surface area contributed by atoms with Crippen LogP contribution in [0.25, 0.3) is 0 Å². The van der Waals surface area contributed by atoms with Crippen LogP contribution < -0.4 is 9.47 Å². The van der Waals surface area contributed by atoms with Gasteiger partial charge >= 0.3 is 0 Å². The molecule has 0 N–H and O–H groups in total. The van der Waals surface area contributed by atoms with Crippen molar-refractivity contribution < 1.29 is 14.3 Å². The van der Waals surface area contributed by atoms with Gasteiger partial charge in [-0.1, -0.05) is 25.3 Å². The van der Waals surface area contributed by atoms with Crippen molar-refractivity contribution in [2.75, 3.05) is 13.2 Å². The number of aromatic nitrogens is 1. The average Bonchev–Trinajstić information content (AvgIpc) is 2.95. The van der Waals surface area contributed by atoms with E-state index in [4.69, 9.17) is 9.47 Å². The molecule has 0 aliphatic heterocycles. The molecule has 1 heterocycles. The van der Waals surface area contributed by atoms with Gasteiger partial charge in [-0.05, 0) is 51.8 Å². The van der Waals surface area contributed by atoms with Gasteiger partial charge < -0.3 is 14.0 Å². The standard InChI is InChI=1S/C22H29NO3/c1-4-25-19-11-8-12-20(14-19)26-15-22(24)21-13-16(2)23(17(21)3)18-9-6-5-7-10-18/h8,11-14,18H,4-7,9-10,15H2,1-3H3. The van der Waals surface area contributed by atoms with E-state index in [2.05, 4.69) is 18.4 Å². The van der Waals surface area contributed by atoms with Crippen molar-refractivity contribution in [2.45, 2.75) is 58.9 Å². The van der Waals surface area contributed by atoms with Crippen LogP contribution in [0.4, 0.5) is 0 Å². The summed E-state index contributed by atoms with van der Waals surface area (Å²) in [5.74, 6) is 1.44. The first kappa shape index (κ1) is 18.6. The van der Waals surface area contributed by atoms with Crippen molar-refractivity contribution in [3.05, 3.63) is 47.3 Å². The Balaban J connectivity index is 1.69. The summed E-state index contributed by atoms with van der Waals surface area (Å²) in [7, 11) is 0. The molecule has 1 fully saturated rings. The van der Waals surface area contributed by atoms with Crippen molar-refractivity contribution in [3.63, 3.8) is 0 Å². The summed E-state index contributed by atoms with van der Waals surface area (Å²) >= 11 is 0. The molecule has 4 heteroatoms. The number of rotatable bonds is 7. The third kappa shape index (κ3) is 4.12. The molecule has 0 bridgehead atoms. The maximum absolute atomic E-state index is 12.7. The van der Waals surface area contributed by atoms with Gasteiger partial charge in [-0.25, -0.2) is 0 Å². The van der Waals surface area contributed by atoms with Crippen LogP contribution in [0.2, 0.25) is 0 Å². The Morgan fingerprint density at radius 2 is 1.77 bits per heavy atom. The van der Waals surface area contributed by atoms with Crippen LogP contribution >= 0.6 is 0 Å². The minimum absolute atomic E-state index is 0.0296. The van der Waals surface area contributed by atoms with Gasteiger partial charge in [0.05, 0.1) is 6.61 Å². The summed E-state index contributed by atoms with van der Waals surface area (Å²) in [5, 5.41) is 0. The average molecular weight is 355 g/mol. The Morgan fingerprint density at radius 3 is 2.46 bits per heavy atom. The third-order valence-electron chi connectivity index (χ3n) is 5.21. The predicted octanol–water partition coefficient (Wildman–Crippen LogP) is 5.27. The van der Waals surface area contributed by atoms with Crippen molar-refractivity contribution >= 4 is 5.78 Å². The summed E-state index contributed by atoms with van der Waals surface area (Å²) < 4.78 is 13.6. The molecule has 1 aromatic carbocycles. The molecule has 0 spiro atoms. The number of Topliss-reactive ketones (excluding diaryl/α,β-unsaturated/α-hetero) is 1. The van der Waals surface area contributed by atoms with Crippen molar-refractivity contribution in [1.82, 2.24) is 4.57 Å². The van der Waals surface area contributed by atoms with Crippen LogP contribution in [-0.2, 0) is 0 Å². The first-order valence-electron chi connectivity index (χ1n) is 9.67. The Bertz CT molecular complexity index is 757. The topological polar surface area (TPSA) is 40.5 Å². The molecular formula is C22H29NO3. The Morgan fingerprint density at radius 1 is 1.08 bits per heavy atom.